The van der Waals surface area contributed by atoms with Crippen molar-refractivity contribution < 1.29 is 0 Å². The fourth-order valence-corrected chi connectivity index (χ4v) is 2.51. The molecule has 1 heterocycles. The monoisotopic (exact) mass is 206 g/mol. The molecular formula is C13H22N2. The molecule has 15 heavy (non-hydrogen) atoms. The molecule has 0 bridgehead atoms. The summed E-state index contributed by atoms with van der Waals surface area (Å²) in [6.07, 6.45) is 12.0. The number of nitrogens with zero attached hydrogens (tertiary/aromatic N) is 2. The first kappa shape index (κ1) is 10.7. The lowest BCUT2D eigenvalue weighted by molar-refractivity contribution is 0.289. The van der Waals surface area contributed by atoms with Crippen molar-refractivity contribution in [1.29, 1.82) is 0 Å². The number of aryl methyl sites for hydroxylation is 1. The Morgan fingerprint density at radius 1 is 1.33 bits per heavy atom. The van der Waals surface area contributed by atoms with Crippen LogP contribution in [0.3, 0.4) is 0 Å². The van der Waals surface area contributed by atoms with E-state index < -0.39 is 0 Å². The standard InChI is InChI=1S/C13H22N2/c1-3-4-12-9-15(10-14-12)13-7-5-11(2)6-8-13/h9-11,13H,3-8H2,1-2H3. The largest absolute Gasteiger partial charge is 0.334 e. The van der Waals surface area contributed by atoms with Crippen molar-refractivity contribution in [2.75, 3.05) is 0 Å². The second-order valence-electron chi connectivity index (χ2n) is 4.98. The second kappa shape index (κ2) is 4.82. The summed E-state index contributed by atoms with van der Waals surface area (Å²) in [5, 5.41) is 0. The van der Waals surface area contributed by atoms with Gasteiger partial charge >= 0.3 is 0 Å². The quantitative estimate of drug-likeness (QED) is 0.739. The predicted octanol–water partition coefficient (Wildman–Crippen LogP) is 3.59. The van der Waals surface area contributed by atoms with Gasteiger partial charge in [-0.1, -0.05) is 20.3 Å². The Labute approximate surface area is 92.7 Å². The highest BCUT2D eigenvalue weighted by atomic mass is 15.1. The highest BCUT2D eigenvalue weighted by molar-refractivity contribution is 4.98. The van der Waals surface area contributed by atoms with Gasteiger partial charge in [-0.15, -0.1) is 0 Å². The molecule has 0 amide bonds. The van der Waals surface area contributed by atoms with Crippen LogP contribution in [0.4, 0.5) is 0 Å². The molecule has 0 aromatic carbocycles. The topological polar surface area (TPSA) is 17.8 Å². The summed E-state index contributed by atoms with van der Waals surface area (Å²) in [5.41, 5.74) is 1.26. The zero-order valence-corrected chi connectivity index (χ0v) is 9.95. The Kier molecular flexibility index (Phi) is 3.45. The summed E-state index contributed by atoms with van der Waals surface area (Å²) in [7, 11) is 0. The fourth-order valence-electron chi connectivity index (χ4n) is 2.51. The normalized spacial score (nSPS) is 26.8. The van der Waals surface area contributed by atoms with Gasteiger partial charge in [0.1, 0.15) is 0 Å². The fraction of sp³-hybridized carbons (Fsp3) is 0.769. The zero-order chi connectivity index (χ0) is 10.7. The Hall–Kier alpha value is -0.790. The Morgan fingerprint density at radius 2 is 2.07 bits per heavy atom. The molecule has 0 N–H and O–H groups in total. The van der Waals surface area contributed by atoms with Gasteiger partial charge in [0.25, 0.3) is 0 Å². The van der Waals surface area contributed by atoms with Crippen molar-refractivity contribution in [1.82, 2.24) is 9.55 Å². The van der Waals surface area contributed by atoms with Gasteiger partial charge in [-0.2, -0.15) is 0 Å². The van der Waals surface area contributed by atoms with E-state index in [1.54, 1.807) is 0 Å². The maximum absolute atomic E-state index is 4.46. The van der Waals surface area contributed by atoms with E-state index in [1.807, 2.05) is 6.33 Å². The molecule has 1 saturated carbocycles. The van der Waals surface area contributed by atoms with Crippen LogP contribution in [0.1, 0.15) is 57.7 Å². The summed E-state index contributed by atoms with van der Waals surface area (Å²) in [6.45, 7) is 4.58. The smallest absolute Gasteiger partial charge is 0.0951 e. The van der Waals surface area contributed by atoms with Crippen molar-refractivity contribution in [3.05, 3.63) is 18.2 Å². The van der Waals surface area contributed by atoms with E-state index in [2.05, 4.69) is 29.6 Å². The van der Waals surface area contributed by atoms with Crippen LogP contribution in [-0.4, -0.2) is 9.55 Å². The zero-order valence-electron chi connectivity index (χ0n) is 9.95. The van der Waals surface area contributed by atoms with Crippen LogP contribution >= 0.6 is 0 Å². The van der Waals surface area contributed by atoms with E-state index >= 15 is 0 Å². The lowest BCUT2D eigenvalue weighted by atomic mass is 9.87. The van der Waals surface area contributed by atoms with Crippen LogP contribution in [0.5, 0.6) is 0 Å². The Balaban J connectivity index is 1.96. The Bertz CT molecular complexity index is 295. The minimum absolute atomic E-state index is 0.722. The van der Waals surface area contributed by atoms with E-state index in [0.717, 1.165) is 18.4 Å². The number of rotatable bonds is 3. The lowest BCUT2D eigenvalue weighted by Crippen LogP contribution is -2.15. The molecule has 1 aliphatic rings. The van der Waals surface area contributed by atoms with Gasteiger partial charge in [0.05, 0.1) is 12.0 Å². The molecule has 2 rings (SSSR count). The molecule has 0 atom stereocenters. The van der Waals surface area contributed by atoms with E-state index in [0.29, 0.717) is 0 Å². The van der Waals surface area contributed by atoms with Crippen LogP contribution in [0.15, 0.2) is 12.5 Å². The molecule has 0 radical (unpaired) electrons. The number of aromatic nitrogens is 2. The summed E-state index contributed by atoms with van der Waals surface area (Å²) < 4.78 is 2.34. The predicted molar refractivity (Wildman–Crippen MR) is 62.9 cm³/mol. The molecular weight excluding hydrogens is 184 g/mol. The van der Waals surface area contributed by atoms with Crippen LogP contribution in [0.2, 0.25) is 0 Å². The third-order valence-corrected chi connectivity index (χ3v) is 3.57. The van der Waals surface area contributed by atoms with Crippen molar-refractivity contribution in [3.8, 4) is 0 Å². The second-order valence-corrected chi connectivity index (χ2v) is 4.98. The first-order chi connectivity index (χ1) is 7.29. The van der Waals surface area contributed by atoms with Gasteiger partial charge < -0.3 is 4.57 Å². The van der Waals surface area contributed by atoms with Gasteiger partial charge in [-0.05, 0) is 38.0 Å². The molecule has 1 aliphatic carbocycles. The van der Waals surface area contributed by atoms with Crippen molar-refractivity contribution in [3.63, 3.8) is 0 Å². The van der Waals surface area contributed by atoms with Crippen LogP contribution in [0.25, 0.3) is 0 Å². The maximum atomic E-state index is 4.46. The van der Waals surface area contributed by atoms with Gasteiger partial charge in [0.2, 0.25) is 0 Å². The highest BCUT2D eigenvalue weighted by Crippen LogP contribution is 2.31. The third kappa shape index (κ3) is 2.61. The first-order valence-electron chi connectivity index (χ1n) is 6.32. The maximum Gasteiger partial charge on any atom is 0.0951 e. The molecule has 0 saturated heterocycles. The molecule has 1 aromatic heterocycles. The molecule has 2 heteroatoms. The van der Waals surface area contributed by atoms with Gasteiger partial charge in [0.15, 0.2) is 0 Å². The van der Waals surface area contributed by atoms with E-state index in [-0.39, 0.29) is 0 Å². The molecule has 1 aromatic rings. The number of hydrogen-bond donors (Lipinski definition) is 0. The average molecular weight is 206 g/mol. The van der Waals surface area contributed by atoms with Gasteiger partial charge in [-0.3, -0.25) is 0 Å². The lowest BCUT2D eigenvalue weighted by Gasteiger charge is -2.26. The summed E-state index contributed by atoms with van der Waals surface area (Å²) in [6, 6.07) is 0.722. The third-order valence-electron chi connectivity index (χ3n) is 3.57. The number of imidazole rings is 1. The van der Waals surface area contributed by atoms with Crippen molar-refractivity contribution in [2.45, 2.75) is 58.4 Å². The molecule has 84 valence electrons. The van der Waals surface area contributed by atoms with E-state index in [4.69, 9.17) is 0 Å². The highest BCUT2D eigenvalue weighted by Gasteiger charge is 2.19. The van der Waals surface area contributed by atoms with Gasteiger partial charge in [-0.25, -0.2) is 4.98 Å². The first-order valence-corrected chi connectivity index (χ1v) is 6.32. The van der Waals surface area contributed by atoms with E-state index in [9.17, 15) is 0 Å². The van der Waals surface area contributed by atoms with Crippen molar-refractivity contribution in [2.24, 2.45) is 5.92 Å². The minimum Gasteiger partial charge on any atom is -0.334 e. The van der Waals surface area contributed by atoms with E-state index in [1.165, 1.54) is 37.8 Å². The SMILES string of the molecule is CCCc1cn(C2CCC(C)CC2)cn1. The van der Waals surface area contributed by atoms with Crippen LogP contribution in [-0.2, 0) is 6.42 Å². The Morgan fingerprint density at radius 3 is 2.73 bits per heavy atom. The van der Waals surface area contributed by atoms with Gasteiger partial charge in [0, 0.05) is 12.2 Å². The molecule has 1 fully saturated rings. The number of hydrogen-bond acceptors (Lipinski definition) is 1. The molecule has 0 aliphatic heterocycles. The minimum atomic E-state index is 0.722. The average Bonchev–Trinajstić information content (AvgIpc) is 2.68. The summed E-state index contributed by atoms with van der Waals surface area (Å²) >= 11 is 0. The van der Waals surface area contributed by atoms with Crippen LogP contribution in [0, 0.1) is 5.92 Å². The molecule has 2 nitrogen and oxygen atoms in total. The summed E-state index contributed by atoms with van der Waals surface area (Å²) in [4.78, 5) is 4.46. The molecule has 0 unspecified atom stereocenters. The molecule has 0 spiro atoms. The summed E-state index contributed by atoms with van der Waals surface area (Å²) in [5.74, 6) is 0.930. The van der Waals surface area contributed by atoms with Crippen LogP contribution < -0.4 is 0 Å². The van der Waals surface area contributed by atoms with Crippen molar-refractivity contribution >= 4 is 0 Å².